The van der Waals surface area contributed by atoms with Crippen molar-refractivity contribution in [2.45, 2.75) is 39.5 Å². The summed E-state index contributed by atoms with van der Waals surface area (Å²) in [6.07, 6.45) is 4.27. The number of fused-ring (bicyclic) bond motifs is 1. The summed E-state index contributed by atoms with van der Waals surface area (Å²) in [4.78, 5) is 35.6. The first kappa shape index (κ1) is 18.6. The lowest BCUT2D eigenvalue weighted by Gasteiger charge is -2.20. The summed E-state index contributed by atoms with van der Waals surface area (Å²) >= 11 is 0. The molecule has 0 radical (unpaired) electrons. The molecular formula is C21H23N3O3. The molecule has 6 nitrogen and oxygen atoms in total. The second-order valence-electron chi connectivity index (χ2n) is 6.77. The minimum absolute atomic E-state index is 0.251. The molecule has 140 valence electrons. The van der Waals surface area contributed by atoms with E-state index in [0.717, 1.165) is 24.9 Å². The topological polar surface area (TPSA) is 87.3 Å². The molecule has 0 unspecified atom stereocenters. The van der Waals surface area contributed by atoms with E-state index in [1.165, 1.54) is 31.4 Å². The highest BCUT2D eigenvalue weighted by atomic mass is 16.2. The van der Waals surface area contributed by atoms with Gasteiger partial charge in [0.2, 0.25) is 11.8 Å². The van der Waals surface area contributed by atoms with E-state index in [1.54, 1.807) is 18.2 Å². The minimum Gasteiger partial charge on any atom is -0.326 e. The van der Waals surface area contributed by atoms with E-state index in [9.17, 15) is 14.4 Å². The normalized spacial score (nSPS) is 12.7. The molecular weight excluding hydrogens is 342 g/mol. The summed E-state index contributed by atoms with van der Waals surface area (Å²) in [6.45, 7) is 2.78. The van der Waals surface area contributed by atoms with E-state index in [2.05, 4.69) is 22.0 Å². The average molecular weight is 365 g/mol. The van der Waals surface area contributed by atoms with E-state index < -0.39 is 0 Å². The second-order valence-corrected chi connectivity index (χ2v) is 6.77. The maximum absolute atomic E-state index is 12.8. The third kappa shape index (κ3) is 4.73. The van der Waals surface area contributed by atoms with Crippen molar-refractivity contribution in [3.05, 3.63) is 53.1 Å². The van der Waals surface area contributed by atoms with Crippen LogP contribution < -0.4 is 16.0 Å². The monoisotopic (exact) mass is 365 g/mol. The molecule has 3 N–H and O–H groups in total. The Balaban J connectivity index is 1.89. The van der Waals surface area contributed by atoms with E-state index in [1.807, 2.05) is 12.1 Å². The van der Waals surface area contributed by atoms with E-state index >= 15 is 0 Å². The molecule has 2 aromatic carbocycles. The van der Waals surface area contributed by atoms with Gasteiger partial charge in [-0.1, -0.05) is 12.1 Å². The maximum atomic E-state index is 12.8. The van der Waals surface area contributed by atoms with Gasteiger partial charge in [-0.05, 0) is 61.1 Å². The Morgan fingerprint density at radius 3 is 2.07 bits per heavy atom. The number of nitrogens with one attached hydrogen (secondary N) is 3. The minimum atomic E-state index is -0.284. The Morgan fingerprint density at radius 1 is 0.815 bits per heavy atom. The molecule has 0 atom stereocenters. The molecule has 3 rings (SSSR count). The van der Waals surface area contributed by atoms with Gasteiger partial charge in [-0.25, -0.2) is 0 Å². The van der Waals surface area contributed by atoms with Crippen LogP contribution in [0.3, 0.4) is 0 Å². The number of benzene rings is 2. The summed E-state index contributed by atoms with van der Waals surface area (Å²) in [5, 5.41) is 8.30. The van der Waals surface area contributed by atoms with Crippen LogP contribution in [-0.2, 0) is 22.4 Å². The predicted molar refractivity (Wildman–Crippen MR) is 106 cm³/mol. The van der Waals surface area contributed by atoms with Gasteiger partial charge in [0.25, 0.3) is 5.91 Å². The van der Waals surface area contributed by atoms with Gasteiger partial charge in [0.15, 0.2) is 0 Å². The number of carbonyl (C=O) groups excluding carboxylic acids is 3. The van der Waals surface area contributed by atoms with Gasteiger partial charge in [-0.15, -0.1) is 0 Å². The van der Waals surface area contributed by atoms with Crippen molar-refractivity contribution in [2.24, 2.45) is 0 Å². The first-order chi connectivity index (χ1) is 12.9. The highest BCUT2D eigenvalue weighted by molar-refractivity contribution is 6.07. The number of rotatable bonds is 4. The summed E-state index contributed by atoms with van der Waals surface area (Å²) in [6, 6.07) is 10.8. The van der Waals surface area contributed by atoms with Crippen LogP contribution in [0.25, 0.3) is 0 Å². The Morgan fingerprint density at radius 2 is 1.44 bits per heavy atom. The van der Waals surface area contributed by atoms with Crippen molar-refractivity contribution in [1.82, 2.24) is 0 Å². The Hall–Kier alpha value is -3.15. The fourth-order valence-electron chi connectivity index (χ4n) is 3.40. The lowest BCUT2D eigenvalue weighted by Crippen LogP contribution is -2.17. The molecule has 6 heteroatoms. The van der Waals surface area contributed by atoms with Crippen LogP contribution in [0.5, 0.6) is 0 Å². The van der Waals surface area contributed by atoms with Crippen molar-refractivity contribution >= 4 is 34.8 Å². The third-order valence-corrected chi connectivity index (χ3v) is 4.48. The Kier molecular flexibility index (Phi) is 5.54. The van der Waals surface area contributed by atoms with Crippen molar-refractivity contribution in [2.75, 3.05) is 16.0 Å². The van der Waals surface area contributed by atoms with Crippen LogP contribution >= 0.6 is 0 Å². The van der Waals surface area contributed by atoms with Crippen LogP contribution in [0.1, 0.15) is 48.2 Å². The molecule has 0 saturated carbocycles. The fraction of sp³-hybridized carbons (Fsp3) is 0.286. The zero-order chi connectivity index (χ0) is 19.4. The SMILES string of the molecule is CC(=O)Nc1cc(NC(C)=O)cc(C(=O)Nc2cccc3c2CCCC3)c1. The van der Waals surface area contributed by atoms with Crippen LogP contribution in [0, 0.1) is 0 Å². The van der Waals surface area contributed by atoms with Crippen molar-refractivity contribution in [3.8, 4) is 0 Å². The first-order valence-corrected chi connectivity index (χ1v) is 9.05. The summed E-state index contributed by atoms with van der Waals surface area (Å²) in [5.41, 5.74) is 4.56. The number of carbonyl (C=O) groups is 3. The van der Waals surface area contributed by atoms with Crippen LogP contribution in [0.4, 0.5) is 17.1 Å². The predicted octanol–water partition coefficient (Wildman–Crippen LogP) is 3.73. The summed E-state index contributed by atoms with van der Waals surface area (Å²) < 4.78 is 0. The Bertz CT molecular complexity index is 871. The van der Waals surface area contributed by atoms with E-state index in [4.69, 9.17) is 0 Å². The molecule has 0 aliphatic heterocycles. The average Bonchev–Trinajstić information content (AvgIpc) is 2.60. The molecule has 27 heavy (non-hydrogen) atoms. The van der Waals surface area contributed by atoms with Gasteiger partial charge in [-0.2, -0.15) is 0 Å². The molecule has 3 amide bonds. The third-order valence-electron chi connectivity index (χ3n) is 4.48. The van der Waals surface area contributed by atoms with E-state index in [-0.39, 0.29) is 17.7 Å². The van der Waals surface area contributed by atoms with Gasteiger partial charge >= 0.3 is 0 Å². The second kappa shape index (κ2) is 8.03. The smallest absolute Gasteiger partial charge is 0.255 e. The molecule has 0 heterocycles. The van der Waals surface area contributed by atoms with Gasteiger partial charge in [0.1, 0.15) is 0 Å². The zero-order valence-corrected chi connectivity index (χ0v) is 15.5. The number of hydrogen-bond donors (Lipinski definition) is 3. The Labute approximate surface area is 158 Å². The van der Waals surface area contributed by atoms with Gasteiger partial charge in [-0.3, -0.25) is 14.4 Å². The zero-order valence-electron chi connectivity index (χ0n) is 15.5. The summed E-state index contributed by atoms with van der Waals surface area (Å²) in [5.74, 6) is -0.787. The quantitative estimate of drug-likeness (QED) is 0.771. The van der Waals surface area contributed by atoms with Crippen LogP contribution in [0.2, 0.25) is 0 Å². The highest BCUT2D eigenvalue weighted by Crippen LogP contribution is 2.28. The largest absolute Gasteiger partial charge is 0.326 e. The summed E-state index contributed by atoms with van der Waals surface area (Å²) in [7, 11) is 0. The molecule has 0 saturated heterocycles. The molecule has 0 fully saturated rings. The maximum Gasteiger partial charge on any atom is 0.255 e. The highest BCUT2D eigenvalue weighted by Gasteiger charge is 2.16. The van der Waals surface area contributed by atoms with Gasteiger partial charge < -0.3 is 16.0 Å². The first-order valence-electron chi connectivity index (χ1n) is 9.05. The lowest BCUT2D eigenvalue weighted by molar-refractivity contribution is -0.115. The number of anilines is 3. The standard InChI is InChI=1S/C21H23N3O3/c1-13(25)22-17-10-16(11-18(12-17)23-14(2)26)21(27)24-20-9-5-7-15-6-3-4-8-19(15)20/h5,7,9-12H,3-4,6,8H2,1-2H3,(H,22,25)(H,23,26)(H,24,27). The van der Waals surface area contributed by atoms with Crippen molar-refractivity contribution < 1.29 is 14.4 Å². The van der Waals surface area contributed by atoms with Crippen LogP contribution in [0.15, 0.2) is 36.4 Å². The molecule has 0 spiro atoms. The molecule has 2 aromatic rings. The number of amides is 3. The van der Waals surface area contributed by atoms with Crippen LogP contribution in [-0.4, -0.2) is 17.7 Å². The van der Waals surface area contributed by atoms with Crippen molar-refractivity contribution in [3.63, 3.8) is 0 Å². The van der Waals surface area contributed by atoms with E-state index in [0.29, 0.717) is 16.9 Å². The number of aryl methyl sites for hydroxylation is 1. The molecule has 0 bridgehead atoms. The van der Waals surface area contributed by atoms with Crippen molar-refractivity contribution in [1.29, 1.82) is 0 Å². The molecule has 1 aliphatic carbocycles. The molecule has 0 aromatic heterocycles. The molecule has 1 aliphatic rings. The fourth-order valence-corrected chi connectivity index (χ4v) is 3.40. The van der Waals surface area contributed by atoms with Gasteiger partial charge in [0.05, 0.1) is 0 Å². The lowest BCUT2D eigenvalue weighted by atomic mass is 9.90. The number of hydrogen-bond acceptors (Lipinski definition) is 3. The van der Waals surface area contributed by atoms with Gasteiger partial charge in [0, 0.05) is 36.5 Å².